The van der Waals surface area contributed by atoms with Gasteiger partial charge in [-0.2, -0.15) is 0 Å². The Balaban J connectivity index is 0. The van der Waals surface area contributed by atoms with Crippen molar-refractivity contribution in [3.63, 3.8) is 0 Å². The normalized spacial score (nSPS) is 11.5. The third-order valence-electron chi connectivity index (χ3n) is 4.54. The minimum absolute atomic E-state index is 0.00767. The second-order valence-electron chi connectivity index (χ2n) is 7.56. The number of hydrogen-bond acceptors (Lipinski definition) is 3. The molecule has 4 heteroatoms. The van der Waals surface area contributed by atoms with Gasteiger partial charge in [0.2, 0.25) is 5.91 Å². The highest BCUT2D eigenvalue weighted by Crippen LogP contribution is 2.16. The molecule has 0 aromatic heterocycles. The summed E-state index contributed by atoms with van der Waals surface area (Å²) in [4.78, 5) is 23.5. The van der Waals surface area contributed by atoms with Gasteiger partial charge in [0.1, 0.15) is 6.61 Å². The zero-order valence-corrected chi connectivity index (χ0v) is 19.1. The quantitative estimate of drug-likeness (QED) is 0.251. The summed E-state index contributed by atoms with van der Waals surface area (Å²) in [7, 11) is 0. The lowest BCUT2D eigenvalue weighted by atomic mass is 9.95. The van der Waals surface area contributed by atoms with Gasteiger partial charge in [-0.15, -0.1) is 0 Å². The van der Waals surface area contributed by atoms with Crippen molar-refractivity contribution in [2.24, 2.45) is 11.8 Å². The SMILES string of the molecule is CC.CCCCCCC(CCCC)CNC(=O)CCOC(=O)CCC(C)C. The van der Waals surface area contributed by atoms with E-state index in [4.69, 9.17) is 4.74 Å². The van der Waals surface area contributed by atoms with E-state index in [0.29, 0.717) is 18.3 Å². The molecule has 0 aromatic rings. The predicted molar refractivity (Wildman–Crippen MR) is 116 cm³/mol. The molecule has 1 unspecified atom stereocenters. The summed E-state index contributed by atoms with van der Waals surface area (Å²) in [5, 5.41) is 3.03. The summed E-state index contributed by atoms with van der Waals surface area (Å²) >= 11 is 0. The van der Waals surface area contributed by atoms with Crippen molar-refractivity contribution in [1.29, 1.82) is 0 Å². The monoisotopic (exact) mass is 385 g/mol. The first-order chi connectivity index (χ1) is 13.0. The fourth-order valence-corrected chi connectivity index (χ4v) is 2.78. The van der Waals surface area contributed by atoms with Crippen molar-refractivity contribution in [1.82, 2.24) is 5.32 Å². The van der Waals surface area contributed by atoms with E-state index in [2.05, 4.69) is 33.0 Å². The van der Waals surface area contributed by atoms with Gasteiger partial charge in [0.15, 0.2) is 0 Å². The average molecular weight is 386 g/mol. The molecular weight excluding hydrogens is 338 g/mol. The Morgan fingerprint density at radius 1 is 0.852 bits per heavy atom. The maximum Gasteiger partial charge on any atom is 0.305 e. The number of esters is 1. The first kappa shape index (κ1) is 28.2. The molecule has 27 heavy (non-hydrogen) atoms. The van der Waals surface area contributed by atoms with Crippen LogP contribution in [0.25, 0.3) is 0 Å². The number of carbonyl (C=O) groups excluding carboxylic acids is 2. The largest absolute Gasteiger partial charge is 0.465 e. The van der Waals surface area contributed by atoms with Gasteiger partial charge in [-0.3, -0.25) is 9.59 Å². The number of carbonyl (C=O) groups is 2. The van der Waals surface area contributed by atoms with Gasteiger partial charge in [-0.1, -0.05) is 80.1 Å². The van der Waals surface area contributed by atoms with E-state index in [9.17, 15) is 9.59 Å². The third kappa shape index (κ3) is 21.1. The van der Waals surface area contributed by atoms with Crippen LogP contribution in [0.2, 0.25) is 0 Å². The van der Waals surface area contributed by atoms with E-state index < -0.39 is 0 Å². The number of hydrogen-bond donors (Lipinski definition) is 1. The van der Waals surface area contributed by atoms with Gasteiger partial charge in [0, 0.05) is 13.0 Å². The van der Waals surface area contributed by atoms with E-state index in [1.54, 1.807) is 0 Å². The number of nitrogens with one attached hydrogen (secondary N) is 1. The lowest BCUT2D eigenvalue weighted by Crippen LogP contribution is -2.30. The van der Waals surface area contributed by atoms with Crippen LogP contribution >= 0.6 is 0 Å². The topological polar surface area (TPSA) is 55.4 Å². The van der Waals surface area contributed by atoms with Crippen LogP contribution in [-0.2, 0) is 14.3 Å². The fourth-order valence-electron chi connectivity index (χ4n) is 2.78. The van der Waals surface area contributed by atoms with Gasteiger partial charge < -0.3 is 10.1 Å². The second-order valence-corrected chi connectivity index (χ2v) is 7.56. The number of ether oxygens (including phenoxy) is 1. The maximum atomic E-state index is 11.9. The molecule has 0 aromatic carbocycles. The number of amides is 1. The molecule has 0 aliphatic rings. The molecule has 0 bridgehead atoms. The Kier molecular flexibility index (Phi) is 22.1. The first-order valence-corrected chi connectivity index (χ1v) is 11.4. The standard InChI is InChI=1S/C21H41NO3.C2H6/c1-5-7-9-10-12-19(11-8-6-2)17-22-20(23)15-16-25-21(24)14-13-18(3)4;1-2/h18-19H,5-17H2,1-4H3,(H,22,23);1-2H3. The lowest BCUT2D eigenvalue weighted by Gasteiger charge is -2.17. The van der Waals surface area contributed by atoms with Crippen LogP contribution in [0.1, 0.15) is 112 Å². The van der Waals surface area contributed by atoms with Crippen LogP contribution in [0.4, 0.5) is 0 Å². The Morgan fingerprint density at radius 3 is 2.07 bits per heavy atom. The molecule has 0 radical (unpaired) electrons. The molecule has 1 N–H and O–H groups in total. The van der Waals surface area contributed by atoms with E-state index in [1.807, 2.05) is 13.8 Å². The smallest absolute Gasteiger partial charge is 0.305 e. The van der Waals surface area contributed by atoms with Crippen molar-refractivity contribution in [2.45, 2.75) is 112 Å². The van der Waals surface area contributed by atoms with E-state index in [0.717, 1.165) is 13.0 Å². The molecule has 4 nitrogen and oxygen atoms in total. The Hall–Kier alpha value is -1.06. The molecule has 0 rings (SSSR count). The van der Waals surface area contributed by atoms with Crippen molar-refractivity contribution in [3.05, 3.63) is 0 Å². The van der Waals surface area contributed by atoms with Crippen molar-refractivity contribution >= 4 is 11.9 Å². The number of unbranched alkanes of at least 4 members (excludes halogenated alkanes) is 4. The van der Waals surface area contributed by atoms with Gasteiger partial charge in [-0.05, 0) is 31.1 Å². The molecule has 0 aliphatic heterocycles. The molecule has 0 fully saturated rings. The van der Waals surface area contributed by atoms with Crippen LogP contribution in [-0.4, -0.2) is 25.0 Å². The van der Waals surface area contributed by atoms with Crippen LogP contribution in [0.15, 0.2) is 0 Å². The first-order valence-electron chi connectivity index (χ1n) is 11.4. The number of rotatable bonds is 16. The van der Waals surface area contributed by atoms with Gasteiger partial charge in [0.05, 0.1) is 6.42 Å². The molecule has 0 spiro atoms. The maximum absolute atomic E-state index is 11.9. The second kappa shape index (κ2) is 21.2. The minimum atomic E-state index is -0.196. The fraction of sp³-hybridized carbons (Fsp3) is 0.913. The molecule has 1 amide bonds. The summed E-state index contributed by atoms with van der Waals surface area (Å²) in [6, 6.07) is 0. The zero-order chi connectivity index (χ0) is 20.9. The molecule has 0 aliphatic carbocycles. The minimum Gasteiger partial charge on any atom is -0.465 e. The highest BCUT2D eigenvalue weighted by molar-refractivity contribution is 5.76. The molecule has 162 valence electrons. The zero-order valence-electron chi connectivity index (χ0n) is 19.1. The average Bonchev–Trinajstić information content (AvgIpc) is 2.66. The molecule has 0 saturated heterocycles. The van der Waals surface area contributed by atoms with Crippen LogP contribution in [0, 0.1) is 11.8 Å². The van der Waals surface area contributed by atoms with Gasteiger partial charge in [-0.25, -0.2) is 0 Å². The van der Waals surface area contributed by atoms with E-state index in [1.165, 1.54) is 51.4 Å². The highest BCUT2D eigenvalue weighted by Gasteiger charge is 2.11. The lowest BCUT2D eigenvalue weighted by molar-refractivity contribution is -0.144. The van der Waals surface area contributed by atoms with E-state index in [-0.39, 0.29) is 24.9 Å². The summed E-state index contributed by atoms with van der Waals surface area (Å²) in [6.07, 6.45) is 11.5. The Bertz CT molecular complexity index is 343. The van der Waals surface area contributed by atoms with Crippen LogP contribution < -0.4 is 5.32 Å². The summed E-state index contributed by atoms with van der Waals surface area (Å²) in [5.41, 5.74) is 0. The molecule has 1 atom stereocenters. The molecule has 0 saturated carbocycles. The van der Waals surface area contributed by atoms with Crippen LogP contribution in [0.3, 0.4) is 0 Å². The van der Waals surface area contributed by atoms with Gasteiger partial charge in [0.25, 0.3) is 0 Å². The molecular formula is C23H47NO3. The van der Waals surface area contributed by atoms with Crippen LogP contribution in [0.5, 0.6) is 0 Å². The molecule has 0 heterocycles. The third-order valence-corrected chi connectivity index (χ3v) is 4.54. The van der Waals surface area contributed by atoms with Crippen molar-refractivity contribution in [3.8, 4) is 0 Å². The summed E-state index contributed by atoms with van der Waals surface area (Å²) < 4.78 is 5.13. The Labute approximate surface area is 169 Å². The van der Waals surface area contributed by atoms with Gasteiger partial charge >= 0.3 is 5.97 Å². The van der Waals surface area contributed by atoms with Crippen molar-refractivity contribution in [2.75, 3.05) is 13.2 Å². The van der Waals surface area contributed by atoms with E-state index >= 15 is 0 Å². The predicted octanol–water partition coefficient (Wildman–Crippen LogP) is 6.28. The summed E-state index contributed by atoms with van der Waals surface area (Å²) in [5.74, 6) is 0.868. The Morgan fingerprint density at radius 2 is 1.48 bits per heavy atom. The highest BCUT2D eigenvalue weighted by atomic mass is 16.5. The summed E-state index contributed by atoms with van der Waals surface area (Å²) in [6.45, 7) is 13.5. The van der Waals surface area contributed by atoms with Crippen molar-refractivity contribution < 1.29 is 14.3 Å².